The number of carbonyl (C=O) groups is 2. The second-order valence-electron chi connectivity index (χ2n) is 4.36. The monoisotopic (exact) mass is 227 g/mol. The van der Waals surface area contributed by atoms with Crippen LogP contribution in [0.4, 0.5) is 0 Å². The summed E-state index contributed by atoms with van der Waals surface area (Å²) in [5.74, 6) is -0.267. The van der Waals surface area contributed by atoms with Gasteiger partial charge in [-0.25, -0.2) is 4.79 Å². The number of ether oxygens (including phenoxy) is 2. The molecule has 2 rings (SSSR count). The molecule has 3 atom stereocenters. The fraction of sp³-hybridized carbons (Fsp3) is 0.818. The van der Waals surface area contributed by atoms with E-state index in [9.17, 15) is 9.59 Å². The summed E-state index contributed by atoms with van der Waals surface area (Å²) in [6.07, 6.45) is 2.79. The van der Waals surface area contributed by atoms with Gasteiger partial charge in [0, 0.05) is 26.0 Å². The number of hydrogen-bond donors (Lipinski definition) is 0. The smallest absolute Gasteiger partial charge is 0.328 e. The maximum absolute atomic E-state index is 11.7. The second kappa shape index (κ2) is 4.41. The Labute approximate surface area is 94.7 Å². The zero-order valence-electron chi connectivity index (χ0n) is 9.64. The Balaban J connectivity index is 2.18. The molecule has 16 heavy (non-hydrogen) atoms. The number of piperidine rings is 1. The van der Waals surface area contributed by atoms with Crippen molar-refractivity contribution >= 4 is 11.9 Å². The standard InChI is InChI=1S/C11H17NO4/c1-15-8-5-7-3-4-10(13)12(7)9(6-8)11(14)16-2/h7-9H,3-6H2,1-2H3/t7-,8+,9+/m1/s1. The van der Waals surface area contributed by atoms with Gasteiger partial charge in [0.2, 0.25) is 5.91 Å². The first-order chi connectivity index (χ1) is 7.67. The molecule has 0 spiro atoms. The maximum atomic E-state index is 11.7. The predicted molar refractivity (Wildman–Crippen MR) is 55.7 cm³/mol. The molecule has 2 saturated heterocycles. The van der Waals surface area contributed by atoms with Gasteiger partial charge in [0.1, 0.15) is 6.04 Å². The molecule has 0 saturated carbocycles. The highest BCUT2D eigenvalue weighted by atomic mass is 16.5. The number of carbonyl (C=O) groups excluding carboxylic acids is 2. The molecule has 0 aromatic rings. The van der Waals surface area contributed by atoms with Gasteiger partial charge in [-0.05, 0) is 12.8 Å². The van der Waals surface area contributed by atoms with Gasteiger partial charge < -0.3 is 14.4 Å². The first-order valence-corrected chi connectivity index (χ1v) is 5.59. The second-order valence-corrected chi connectivity index (χ2v) is 4.36. The highest BCUT2D eigenvalue weighted by molar-refractivity contribution is 5.86. The van der Waals surface area contributed by atoms with E-state index in [1.807, 2.05) is 0 Å². The van der Waals surface area contributed by atoms with Crippen molar-refractivity contribution in [3.8, 4) is 0 Å². The summed E-state index contributed by atoms with van der Waals surface area (Å²) in [4.78, 5) is 25.1. The molecule has 0 N–H and O–H groups in total. The lowest BCUT2D eigenvalue weighted by molar-refractivity contribution is -0.157. The van der Waals surface area contributed by atoms with Crippen LogP contribution < -0.4 is 0 Å². The summed E-state index contributed by atoms with van der Waals surface area (Å²) in [5.41, 5.74) is 0. The predicted octanol–water partition coefficient (Wildman–Crippen LogP) is 0.328. The molecule has 0 aromatic carbocycles. The van der Waals surface area contributed by atoms with E-state index in [1.54, 1.807) is 12.0 Å². The van der Waals surface area contributed by atoms with E-state index in [0.29, 0.717) is 12.8 Å². The van der Waals surface area contributed by atoms with Gasteiger partial charge in [-0.2, -0.15) is 0 Å². The van der Waals surface area contributed by atoms with E-state index in [-0.39, 0.29) is 24.0 Å². The van der Waals surface area contributed by atoms with Gasteiger partial charge in [-0.1, -0.05) is 0 Å². The third-order valence-electron chi connectivity index (χ3n) is 3.54. The molecular weight excluding hydrogens is 210 g/mol. The van der Waals surface area contributed by atoms with Crippen molar-refractivity contribution < 1.29 is 19.1 Å². The van der Waals surface area contributed by atoms with E-state index in [4.69, 9.17) is 9.47 Å². The minimum atomic E-state index is -0.455. The highest BCUT2D eigenvalue weighted by Crippen LogP contribution is 2.33. The average Bonchev–Trinajstić information content (AvgIpc) is 2.69. The molecule has 5 nitrogen and oxygen atoms in total. The van der Waals surface area contributed by atoms with Crippen LogP contribution in [0.3, 0.4) is 0 Å². The quantitative estimate of drug-likeness (QED) is 0.638. The average molecular weight is 227 g/mol. The van der Waals surface area contributed by atoms with Crippen molar-refractivity contribution in [2.24, 2.45) is 0 Å². The number of hydrogen-bond acceptors (Lipinski definition) is 4. The lowest BCUT2D eigenvalue weighted by atomic mass is 9.94. The number of methoxy groups -OCH3 is 2. The Kier molecular flexibility index (Phi) is 3.14. The molecule has 2 aliphatic heterocycles. The molecule has 0 aromatic heterocycles. The third-order valence-corrected chi connectivity index (χ3v) is 3.54. The van der Waals surface area contributed by atoms with Crippen LogP contribution in [0.2, 0.25) is 0 Å². The van der Waals surface area contributed by atoms with Crippen molar-refractivity contribution in [3.63, 3.8) is 0 Å². The molecule has 0 bridgehead atoms. The van der Waals surface area contributed by atoms with Crippen molar-refractivity contribution in [2.75, 3.05) is 14.2 Å². The first kappa shape index (κ1) is 11.4. The number of amides is 1. The Morgan fingerprint density at radius 1 is 1.38 bits per heavy atom. The van der Waals surface area contributed by atoms with Crippen LogP contribution in [0.15, 0.2) is 0 Å². The summed E-state index contributed by atoms with van der Waals surface area (Å²) in [6, 6.07) is -0.306. The van der Waals surface area contributed by atoms with Crippen molar-refractivity contribution in [1.29, 1.82) is 0 Å². The molecule has 0 unspecified atom stereocenters. The minimum Gasteiger partial charge on any atom is -0.467 e. The van der Waals surface area contributed by atoms with Crippen molar-refractivity contribution in [1.82, 2.24) is 4.90 Å². The Morgan fingerprint density at radius 3 is 2.75 bits per heavy atom. The fourth-order valence-corrected chi connectivity index (χ4v) is 2.72. The molecule has 2 heterocycles. The van der Waals surface area contributed by atoms with Crippen molar-refractivity contribution in [3.05, 3.63) is 0 Å². The summed E-state index contributed by atoms with van der Waals surface area (Å²) >= 11 is 0. The van der Waals surface area contributed by atoms with Gasteiger partial charge in [0.25, 0.3) is 0 Å². The van der Waals surface area contributed by atoms with Crippen LogP contribution in [0.25, 0.3) is 0 Å². The Hall–Kier alpha value is -1.10. The molecule has 2 aliphatic rings. The number of fused-ring (bicyclic) bond motifs is 1. The summed E-state index contributed by atoms with van der Waals surface area (Å²) in [7, 11) is 3.00. The van der Waals surface area contributed by atoms with Gasteiger partial charge in [0.15, 0.2) is 0 Å². The van der Waals surface area contributed by atoms with Gasteiger partial charge in [-0.3, -0.25) is 4.79 Å². The van der Waals surface area contributed by atoms with Gasteiger partial charge >= 0.3 is 5.97 Å². The SMILES string of the molecule is COC(=O)[C@@H]1C[C@@H](OC)C[C@H]2CCC(=O)N21. The van der Waals surface area contributed by atoms with Gasteiger partial charge in [-0.15, -0.1) is 0 Å². The highest BCUT2D eigenvalue weighted by Gasteiger charge is 2.45. The van der Waals surface area contributed by atoms with Crippen LogP contribution in [0, 0.1) is 0 Å². The molecular formula is C11H17NO4. The van der Waals surface area contributed by atoms with E-state index < -0.39 is 6.04 Å². The molecule has 0 aliphatic carbocycles. The van der Waals surface area contributed by atoms with E-state index >= 15 is 0 Å². The third kappa shape index (κ3) is 1.80. The molecule has 2 fully saturated rings. The first-order valence-electron chi connectivity index (χ1n) is 5.59. The molecule has 0 radical (unpaired) electrons. The zero-order valence-corrected chi connectivity index (χ0v) is 9.64. The van der Waals surface area contributed by atoms with Gasteiger partial charge in [0.05, 0.1) is 13.2 Å². The molecule has 90 valence electrons. The summed E-state index contributed by atoms with van der Waals surface area (Å²) in [6.45, 7) is 0. The number of rotatable bonds is 2. The Bertz CT molecular complexity index is 304. The van der Waals surface area contributed by atoms with Crippen LogP contribution >= 0.6 is 0 Å². The van der Waals surface area contributed by atoms with E-state index in [1.165, 1.54) is 7.11 Å². The zero-order chi connectivity index (χ0) is 11.7. The van der Waals surface area contributed by atoms with Crippen LogP contribution in [-0.2, 0) is 19.1 Å². The van der Waals surface area contributed by atoms with E-state index in [0.717, 1.165) is 12.8 Å². The van der Waals surface area contributed by atoms with E-state index in [2.05, 4.69) is 0 Å². The summed E-state index contributed by atoms with van der Waals surface area (Å²) in [5, 5.41) is 0. The minimum absolute atomic E-state index is 0.0521. The number of esters is 1. The lowest BCUT2D eigenvalue weighted by Crippen LogP contribution is -2.53. The summed E-state index contributed by atoms with van der Waals surface area (Å²) < 4.78 is 10.1. The van der Waals surface area contributed by atoms with Crippen LogP contribution in [0.1, 0.15) is 25.7 Å². The number of nitrogens with zero attached hydrogens (tertiary/aromatic N) is 1. The normalized spacial score (nSPS) is 33.8. The topological polar surface area (TPSA) is 55.8 Å². The largest absolute Gasteiger partial charge is 0.467 e. The Morgan fingerprint density at radius 2 is 2.12 bits per heavy atom. The molecule has 5 heteroatoms. The maximum Gasteiger partial charge on any atom is 0.328 e. The van der Waals surface area contributed by atoms with Crippen molar-refractivity contribution in [2.45, 2.75) is 43.9 Å². The molecule has 1 amide bonds. The van der Waals surface area contributed by atoms with Crippen LogP contribution in [0.5, 0.6) is 0 Å². The lowest BCUT2D eigenvalue weighted by Gasteiger charge is -2.39. The fourth-order valence-electron chi connectivity index (χ4n) is 2.72. The van der Waals surface area contributed by atoms with Crippen LogP contribution in [-0.4, -0.2) is 49.2 Å².